The Labute approximate surface area is 123 Å². The van der Waals surface area contributed by atoms with Crippen molar-refractivity contribution in [2.24, 2.45) is 0 Å². The molecule has 0 unspecified atom stereocenters. The molecular weight excluding hydrogens is 274 g/mol. The van der Waals surface area contributed by atoms with Crippen LogP contribution in [0.5, 0.6) is 11.5 Å². The van der Waals surface area contributed by atoms with Crippen LogP contribution in [0.15, 0.2) is 47.4 Å². The molecule has 0 aliphatic carbocycles. The van der Waals surface area contributed by atoms with Gasteiger partial charge in [0.05, 0.1) is 14.2 Å². The highest BCUT2D eigenvalue weighted by Gasteiger charge is 2.09. The second-order valence-electron chi connectivity index (χ2n) is 4.07. The third-order valence-corrected chi connectivity index (χ3v) is 3.03. The lowest BCUT2D eigenvalue weighted by molar-refractivity contribution is 0.102. The molecule has 20 heavy (non-hydrogen) atoms. The number of hydrogen-bond donors (Lipinski definition) is 2. The van der Waals surface area contributed by atoms with E-state index in [9.17, 15) is 4.79 Å². The number of ether oxygens (including phenoxy) is 2. The van der Waals surface area contributed by atoms with E-state index in [0.717, 1.165) is 4.90 Å². The molecule has 0 saturated carbocycles. The predicted octanol–water partition coefficient (Wildman–Crippen LogP) is 3.24. The molecule has 5 heteroatoms. The van der Waals surface area contributed by atoms with E-state index in [1.165, 1.54) is 0 Å². The number of carbonyl (C=O) groups excluding carboxylic acids is 1. The lowest BCUT2D eigenvalue weighted by atomic mass is 10.2. The molecule has 0 fully saturated rings. The van der Waals surface area contributed by atoms with Gasteiger partial charge in [-0.15, -0.1) is 12.6 Å². The topological polar surface area (TPSA) is 47.6 Å². The summed E-state index contributed by atoms with van der Waals surface area (Å²) in [5, 5.41) is 2.80. The predicted molar refractivity (Wildman–Crippen MR) is 81.2 cm³/mol. The Balaban J connectivity index is 2.19. The van der Waals surface area contributed by atoms with E-state index in [1.54, 1.807) is 50.6 Å². The minimum atomic E-state index is -0.201. The van der Waals surface area contributed by atoms with Crippen molar-refractivity contribution in [1.82, 2.24) is 0 Å². The first kappa shape index (κ1) is 14.3. The molecule has 1 amide bonds. The fraction of sp³-hybridized carbons (Fsp3) is 0.133. The zero-order chi connectivity index (χ0) is 14.5. The number of methoxy groups -OCH3 is 2. The summed E-state index contributed by atoms with van der Waals surface area (Å²) in [6.07, 6.45) is 0. The van der Waals surface area contributed by atoms with Crippen LogP contribution in [-0.4, -0.2) is 20.1 Å². The number of nitrogens with one attached hydrogen (secondary N) is 1. The first-order valence-corrected chi connectivity index (χ1v) is 6.41. The van der Waals surface area contributed by atoms with Gasteiger partial charge in [-0.3, -0.25) is 4.79 Å². The summed E-state index contributed by atoms with van der Waals surface area (Å²) in [7, 11) is 3.11. The summed E-state index contributed by atoms with van der Waals surface area (Å²) in [6.45, 7) is 0. The summed E-state index contributed by atoms with van der Waals surface area (Å²) in [5.74, 6) is 0.976. The monoisotopic (exact) mass is 289 g/mol. The molecule has 0 aliphatic rings. The van der Waals surface area contributed by atoms with Gasteiger partial charge in [-0.1, -0.05) is 6.07 Å². The van der Waals surface area contributed by atoms with E-state index < -0.39 is 0 Å². The summed E-state index contributed by atoms with van der Waals surface area (Å²) < 4.78 is 10.3. The molecule has 0 atom stereocenters. The van der Waals surface area contributed by atoms with Crippen molar-refractivity contribution in [3.05, 3.63) is 48.0 Å². The molecule has 0 saturated heterocycles. The van der Waals surface area contributed by atoms with E-state index in [2.05, 4.69) is 17.9 Å². The second kappa shape index (κ2) is 6.34. The van der Waals surface area contributed by atoms with Crippen LogP contribution in [0.2, 0.25) is 0 Å². The number of amides is 1. The Morgan fingerprint density at radius 2 is 1.80 bits per heavy atom. The Morgan fingerprint density at radius 1 is 1.05 bits per heavy atom. The van der Waals surface area contributed by atoms with E-state index >= 15 is 0 Å². The molecule has 2 rings (SSSR count). The van der Waals surface area contributed by atoms with Gasteiger partial charge in [-0.25, -0.2) is 0 Å². The first-order valence-electron chi connectivity index (χ1n) is 5.96. The van der Waals surface area contributed by atoms with Gasteiger partial charge < -0.3 is 14.8 Å². The van der Waals surface area contributed by atoms with Gasteiger partial charge in [-0.2, -0.15) is 0 Å². The summed E-state index contributed by atoms with van der Waals surface area (Å²) >= 11 is 4.22. The van der Waals surface area contributed by atoms with Crippen molar-refractivity contribution in [3.63, 3.8) is 0 Å². The summed E-state index contributed by atoms with van der Waals surface area (Å²) in [6, 6.07) is 12.2. The van der Waals surface area contributed by atoms with Crippen molar-refractivity contribution < 1.29 is 14.3 Å². The van der Waals surface area contributed by atoms with Crippen molar-refractivity contribution >= 4 is 24.2 Å². The van der Waals surface area contributed by atoms with Gasteiger partial charge in [0.1, 0.15) is 0 Å². The van der Waals surface area contributed by atoms with Crippen LogP contribution in [0.25, 0.3) is 0 Å². The highest BCUT2D eigenvalue weighted by atomic mass is 32.1. The lowest BCUT2D eigenvalue weighted by Crippen LogP contribution is -2.11. The molecule has 104 valence electrons. The van der Waals surface area contributed by atoms with Crippen LogP contribution >= 0.6 is 12.6 Å². The van der Waals surface area contributed by atoms with Crippen molar-refractivity contribution in [3.8, 4) is 11.5 Å². The van der Waals surface area contributed by atoms with Crippen LogP contribution in [0.4, 0.5) is 5.69 Å². The Kier molecular flexibility index (Phi) is 4.53. The number of hydrogen-bond acceptors (Lipinski definition) is 4. The standard InChI is InChI=1S/C15H15NO3S/c1-18-13-7-6-11(9-14(13)19-2)16-15(17)10-4-3-5-12(20)8-10/h3-9,20H,1-2H3,(H,16,17). The third-order valence-electron chi connectivity index (χ3n) is 2.75. The molecule has 0 aromatic heterocycles. The molecule has 4 nitrogen and oxygen atoms in total. The number of rotatable bonds is 4. The number of benzene rings is 2. The lowest BCUT2D eigenvalue weighted by Gasteiger charge is -2.10. The maximum absolute atomic E-state index is 12.1. The number of carbonyl (C=O) groups is 1. The van der Waals surface area contributed by atoms with Crippen LogP contribution < -0.4 is 14.8 Å². The molecule has 0 radical (unpaired) electrons. The quantitative estimate of drug-likeness (QED) is 0.849. The first-order chi connectivity index (χ1) is 9.63. The number of anilines is 1. The highest BCUT2D eigenvalue weighted by molar-refractivity contribution is 7.80. The van der Waals surface area contributed by atoms with Gasteiger partial charge in [0.15, 0.2) is 11.5 Å². The third kappa shape index (κ3) is 3.24. The van der Waals surface area contributed by atoms with E-state index in [1.807, 2.05) is 6.07 Å². The van der Waals surface area contributed by atoms with Gasteiger partial charge in [-0.05, 0) is 30.3 Å². The van der Waals surface area contributed by atoms with Crippen molar-refractivity contribution in [2.75, 3.05) is 19.5 Å². The van der Waals surface area contributed by atoms with Crippen LogP contribution in [0.1, 0.15) is 10.4 Å². The minimum absolute atomic E-state index is 0.201. The summed E-state index contributed by atoms with van der Waals surface area (Å²) in [4.78, 5) is 12.8. The molecule has 2 aromatic carbocycles. The minimum Gasteiger partial charge on any atom is -0.493 e. The van der Waals surface area contributed by atoms with Gasteiger partial charge in [0.25, 0.3) is 5.91 Å². The van der Waals surface area contributed by atoms with Gasteiger partial charge in [0.2, 0.25) is 0 Å². The molecule has 0 spiro atoms. The zero-order valence-corrected chi connectivity index (χ0v) is 12.1. The average molecular weight is 289 g/mol. The molecule has 0 aliphatic heterocycles. The van der Waals surface area contributed by atoms with E-state index in [0.29, 0.717) is 22.7 Å². The molecule has 1 N–H and O–H groups in total. The Bertz CT molecular complexity index is 628. The molecule has 2 aromatic rings. The number of thiol groups is 1. The highest BCUT2D eigenvalue weighted by Crippen LogP contribution is 2.29. The van der Waals surface area contributed by atoms with Crippen LogP contribution in [0.3, 0.4) is 0 Å². The van der Waals surface area contributed by atoms with Gasteiger partial charge >= 0.3 is 0 Å². The van der Waals surface area contributed by atoms with Crippen molar-refractivity contribution in [2.45, 2.75) is 4.90 Å². The SMILES string of the molecule is COc1ccc(NC(=O)c2cccc(S)c2)cc1OC. The van der Waals surface area contributed by atoms with Crippen LogP contribution in [0, 0.1) is 0 Å². The molecule has 0 heterocycles. The zero-order valence-electron chi connectivity index (χ0n) is 11.2. The average Bonchev–Trinajstić information content (AvgIpc) is 2.47. The van der Waals surface area contributed by atoms with E-state index in [-0.39, 0.29) is 5.91 Å². The maximum atomic E-state index is 12.1. The maximum Gasteiger partial charge on any atom is 0.255 e. The molecule has 0 bridgehead atoms. The van der Waals surface area contributed by atoms with E-state index in [4.69, 9.17) is 9.47 Å². The van der Waals surface area contributed by atoms with Gasteiger partial charge in [0, 0.05) is 22.2 Å². The van der Waals surface area contributed by atoms with Crippen molar-refractivity contribution in [1.29, 1.82) is 0 Å². The fourth-order valence-corrected chi connectivity index (χ4v) is 1.99. The normalized spacial score (nSPS) is 9.95. The Morgan fingerprint density at radius 3 is 2.45 bits per heavy atom. The largest absolute Gasteiger partial charge is 0.493 e. The molecular formula is C15H15NO3S. The summed E-state index contributed by atoms with van der Waals surface area (Å²) in [5.41, 5.74) is 1.18. The Hall–Kier alpha value is -2.14. The second-order valence-corrected chi connectivity index (χ2v) is 4.59. The fourth-order valence-electron chi connectivity index (χ4n) is 1.76. The van der Waals surface area contributed by atoms with Crippen LogP contribution in [-0.2, 0) is 0 Å². The smallest absolute Gasteiger partial charge is 0.255 e.